The summed E-state index contributed by atoms with van der Waals surface area (Å²) in [4.78, 5) is 38.8. The van der Waals surface area contributed by atoms with E-state index in [9.17, 15) is 18.8 Å². The summed E-state index contributed by atoms with van der Waals surface area (Å²) < 4.78 is 18.3. The summed E-state index contributed by atoms with van der Waals surface area (Å²) in [7, 11) is 2.87. The van der Waals surface area contributed by atoms with E-state index in [0.29, 0.717) is 27.8 Å². The molecule has 1 heterocycles. The second-order valence-corrected chi connectivity index (χ2v) is 5.70. The first-order valence-corrected chi connectivity index (χ1v) is 7.97. The van der Waals surface area contributed by atoms with Crippen molar-refractivity contribution in [1.82, 2.24) is 4.98 Å². The molecule has 0 saturated carbocycles. The molecule has 1 amide bonds. The maximum Gasteiger partial charge on any atom is 0.337 e. The molecule has 0 unspecified atom stereocenters. The van der Waals surface area contributed by atoms with E-state index < -0.39 is 23.3 Å². The number of carbonyl (C=O) groups is 2. The van der Waals surface area contributed by atoms with Gasteiger partial charge in [0.25, 0.3) is 11.5 Å². The summed E-state index contributed by atoms with van der Waals surface area (Å²) in [6.45, 7) is 0. The second kappa shape index (κ2) is 7.28. The number of carbonyl (C=O) groups excluding carboxylic acids is 2. The van der Waals surface area contributed by atoms with Crippen molar-refractivity contribution in [3.05, 3.63) is 69.8 Å². The smallest absolute Gasteiger partial charge is 0.337 e. The number of aromatic amines is 1. The molecule has 2 aromatic carbocycles. The molecule has 8 heteroatoms. The largest absolute Gasteiger partial charge is 0.465 e. The summed E-state index contributed by atoms with van der Waals surface area (Å²) in [5, 5.41) is 5.75. The van der Waals surface area contributed by atoms with Crippen molar-refractivity contribution in [1.29, 1.82) is 0 Å². The van der Waals surface area contributed by atoms with Crippen molar-refractivity contribution in [3.8, 4) is 0 Å². The molecule has 0 saturated heterocycles. The van der Waals surface area contributed by atoms with Gasteiger partial charge in [0.05, 0.1) is 23.9 Å². The van der Waals surface area contributed by atoms with Crippen LogP contribution in [-0.2, 0) is 4.74 Å². The average molecular weight is 369 g/mol. The van der Waals surface area contributed by atoms with Crippen molar-refractivity contribution < 1.29 is 18.7 Å². The number of fused-ring (bicyclic) bond motifs is 1. The fourth-order valence-corrected chi connectivity index (χ4v) is 2.65. The Morgan fingerprint density at radius 1 is 1.11 bits per heavy atom. The molecule has 27 heavy (non-hydrogen) atoms. The summed E-state index contributed by atoms with van der Waals surface area (Å²) >= 11 is 0. The number of hydrogen-bond donors (Lipinski definition) is 3. The van der Waals surface area contributed by atoms with Gasteiger partial charge in [-0.15, -0.1) is 0 Å². The second-order valence-electron chi connectivity index (χ2n) is 5.70. The van der Waals surface area contributed by atoms with Crippen LogP contribution in [0.1, 0.15) is 20.7 Å². The SMILES string of the molecule is CNc1cc(F)cc2cc(C(=O)Nc3ccc(C(=O)OC)cc3)c(=O)[nH]c12. The molecule has 1 aromatic heterocycles. The number of hydrogen-bond acceptors (Lipinski definition) is 5. The molecule has 0 aliphatic carbocycles. The molecule has 0 aliphatic rings. The lowest BCUT2D eigenvalue weighted by Crippen LogP contribution is -2.23. The molecule has 0 spiro atoms. The number of methoxy groups -OCH3 is 1. The maximum absolute atomic E-state index is 13.7. The van der Waals surface area contributed by atoms with Crippen molar-refractivity contribution in [2.45, 2.75) is 0 Å². The maximum atomic E-state index is 13.7. The van der Waals surface area contributed by atoms with Crippen LogP contribution in [0.25, 0.3) is 10.9 Å². The van der Waals surface area contributed by atoms with Crippen LogP contribution < -0.4 is 16.2 Å². The van der Waals surface area contributed by atoms with Gasteiger partial charge < -0.3 is 20.4 Å². The van der Waals surface area contributed by atoms with Crippen LogP contribution in [0.3, 0.4) is 0 Å². The molecule has 3 rings (SSSR count). The zero-order chi connectivity index (χ0) is 19.6. The van der Waals surface area contributed by atoms with E-state index in [-0.39, 0.29) is 5.56 Å². The normalized spacial score (nSPS) is 10.5. The Kier molecular flexibility index (Phi) is 4.89. The summed E-state index contributed by atoms with van der Waals surface area (Å²) in [6.07, 6.45) is 0. The predicted molar refractivity (Wildman–Crippen MR) is 99.8 cm³/mol. The molecule has 0 aliphatic heterocycles. The Labute approximate surface area is 153 Å². The van der Waals surface area contributed by atoms with E-state index in [4.69, 9.17) is 0 Å². The molecule has 0 radical (unpaired) electrons. The van der Waals surface area contributed by atoms with Crippen LogP contribution in [0.5, 0.6) is 0 Å². The minimum absolute atomic E-state index is 0.160. The lowest BCUT2D eigenvalue weighted by atomic mass is 10.1. The van der Waals surface area contributed by atoms with Gasteiger partial charge in [-0.1, -0.05) is 0 Å². The Balaban J connectivity index is 1.92. The van der Waals surface area contributed by atoms with Crippen molar-refractivity contribution >= 4 is 34.2 Å². The topological polar surface area (TPSA) is 100 Å². The third-order valence-corrected chi connectivity index (χ3v) is 3.99. The van der Waals surface area contributed by atoms with Crippen LogP contribution in [0.15, 0.2) is 47.3 Å². The number of esters is 1. The van der Waals surface area contributed by atoms with Gasteiger partial charge in [-0.3, -0.25) is 9.59 Å². The standard InChI is InChI=1S/C19H16FN3O4/c1-21-15-9-12(20)7-11-8-14(18(25)23-16(11)15)17(24)22-13-5-3-10(4-6-13)19(26)27-2/h3-9,21H,1-2H3,(H,22,24)(H,23,25). The van der Waals surface area contributed by atoms with Gasteiger partial charge >= 0.3 is 5.97 Å². The van der Waals surface area contributed by atoms with Gasteiger partial charge in [-0.2, -0.15) is 0 Å². The summed E-state index contributed by atoms with van der Waals surface area (Å²) in [5.41, 5.74) is 0.772. The van der Waals surface area contributed by atoms with Crippen LogP contribution in [0.2, 0.25) is 0 Å². The molecule has 0 bridgehead atoms. The van der Waals surface area contributed by atoms with Crippen molar-refractivity contribution in [2.75, 3.05) is 24.8 Å². The number of benzene rings is 2. The number of anilines is 2. The average Bonchev–Trinajstić information content (AvgIpc) is 2.67. The number of nitrogens with one attached hydrogen (secondary N) is 3. The quantitative estimate of drug-likeness (QED) is 0.614. The van der Waals surface area contributed by atoms with Gasteiger partial charge in [0.15, 0.2) is 0 Å². The molecular weight excluding hydrogens is 353 g/mol. The van der Waals surface area contributed by atoms with Crippen molar-refractivity contribution in [3.63, 3.8) is 0 Å². The molecule has 3 N–H and O–H groups in total. The van der Waals surface area contributed by atoms with Gasteiger partial charge in [0, 0.05) is 18.1 Å². The first-order valence-electron chi connectivity index (χ1n) is 7.97. The van der Waals surface area contributed by atoms with Gasteiger partial charge in [-0.05, 0) is 42.5 Å². The van der Waals surface area contributed by atoms with Crippen LogP contribution in [-0.4, -0.2) is 31.0 Å². The Bertz CT molecular complexity index is 1090. The minimum atomic E-state index is -0.653. The van der Waals surface area contributed by atoms with Gasteiger partial charge in [-0.25, -0.2) is 9.18 Å². The highest BCUT2D eigenvalue weighted by atomic mass is 19.1. The Morgan fingerprint density at radius 2 is 1.81 bits per heavy atom. The van der Waals surface area contributed by atoms with Crippen molar-refractivity contribution in [2.24, 2.45) is 0 Å². The first-order chi connectivity index (χ1) is 12.9. The van der Waals surface area contributed by atoms with Crippen LogP contribution in [0, 0.1) is 5.82 Å². The lowest BCUT2D eigenvalue weighted by Gasteiger charge is -2.09. The zero-order valence-electron chi connectivity index (χ0n) is 14.6. The number of H-pyrrole nitrogens is 1. The number of aromatic nitrogens is 1. The monoisotopic (exact) mass is 369 g/mol. The third kappa shape index (κ3) is 3.64. The molecular formula is C19H16FN3O4. The van der Waals surface area contributed by atoms with E-state index in [1.807, 2.05) is 0 Å². The van der Waals surface area contributed by atoms with E-state index in [1.54, 1.807) is 7.05 Å². The van der Waals surface area contributed by atoms with Crippen LogP contribution >= 0.6 is 0 Å². The zero-order valence-corrected chi connectivity index (χ0v) is 14.6. The molecule has 3 aromatic rings. The molecule has 0 atom stereocenters. The number of rotatable bonds is 4. The minimum Gasteiger partial charge on any atom is -0.465 e. The lowest BCUT2D eigenvalue weighted by molar-refractivity contribution is 0.0600. The number of halogens is 1. The Morgan fingerprint density at radius 3 is 2.44 bits per heavy atom. The number of ether oxygens (including phenoxy) is 1. The number of pyridine rings is 1. The van der Waals surface area contributed by atoms with E-state index in [0.717, 1.165) is 0 Å². The summed E-state index contributed by atoms with van der Waals surface area (Å²) in [6, 6.07) is 9.81. The summed E-state index contributed by atoms with van der Waals surface area (Å²) in [5.74, 6) is -1.65. The predicted octanol–water partition coefficient (Wildman–Crippen LogP) is 2.75. The third-order valence-electron chi connectivity index (χ3n) is 3.99. The van der Waals surface area contributed by atoms with Gasteiger partial charge in [0.2, 0.25) is 0 Å². The highest BCUT2D eigenvalue weighted by molar-refractivity contribution is 6.06. The highest BCUT2D eigenvalue weighted by Gasteiger charge is 2.15. The fourth-order valence-electron chi connectivity index (χ4n) is 2.65. The van der Waals surface area contributed by atoms with E-state index in [2.05, 4.69) is 20.4 Å². The first kappa shape index (κ1) is 18.1. The number of amides is 1. The van der Waals surface area contributed by atoms with Crippen LogP contribution in [0.4, 0.5) is 15.8 Å². The van der Waals surface area contributed by atoms with E-state index in [1.165, 1.54) is 49.6 Å². The molecule has 138 valence electrons. The van der Waals surface area contributed by atoms with Gasteiger partial charge in [0.1, 0.15) is 11.4 Å². The highest BCUT2D eigenvalue weighted by Crippen LogP contribution is 2.22. The van der Waals surface area contributed by atoms with E-state index >= 15 is 0 Å². The Hall–Kier alpha value is -3.68. The fraction of sp³-hybridized carbons (Fsp3) is 0.105. The molecule has 7 nitrogen and oxygen atoms in total. The molecule has 0 fully saturated rings.